The van der Waals surface area contributed by atoms with Crippen molar-refractivity contribution >= 4 is 5.91 Å². The number of carbonyl (C=O) groups excluding carboxylic acids is 1. The fourth-order valence-corrected chi connectivity index (χ4v) is 3.32. The van der Waals surface area contributed by atoms with E-state index in [9.17, 15) is 9.90 Å². The van der Waals surface area contributed by atoms with Crippen molar-refractivity contribution in [1.82, 2.24) is 10.2 Å². The Morgan fingerprint density at radius 3 is 2.20 bits per heavy atom. The van der Waals surface area contributed by atoms with E-state index in [-0.39, 0.29) is 24.0 Å². The first-order chi connectivity index (χ1) is 9.40. The Hall–Kier alpha value is -0.610. The molecule has 0 saturated carbocycles. The third-order valence-corrected chi connectivity index (χ3v) is 5.32. The van der Waals surface area contributed by atoms with Gasteiger partial charge in [0.25, 0.3) is 0 Å². The molecule has 4 heteroatoms. The molecule has 1 fully saturated rings. The van der Waals surface area contributed by atoms with Crippen LogP contribution in [0, 0.1) is 5.41 Å². The normalized spacial score (nSPS) is 25.7. The highest BCUT2D eigenvalue weighted by atomic mass is 16.3. The van der Waals surface area contributed by atoms with Gasteiger partial charge in [0.05, 0.1) is 12.6 Å². The van der Waals surface area contributed by atoms with Crippen LogP contribution in [-0.4, -0.2) is 47.2 Å². The van der Waals surface area contributed by atoms with Gasteiger partial charge in [-0.05, 0) is 46.5 Å². The van der Waals surface area contributed by atoms with Gasteiger partial charge in [-0.2, -0.15) is 0 Å². The summed E-state index contributed by atoms with van der Waals surface area (Å²) in [5.41, 5.74) is -0.169. The fraction of sp³-hybridized carbons (Fsp3) is 0.938. The van der Waals surface area contributed by atoms with Crippen molar-refractivity contribution < 1.29 is 9.90 Å². The predicted octanol–water partition coefficient (Wildman–Crippen LogP) is 2.16. The second kappa shape index (κ2) is 7.41. The van der Waals surface area contributed by atoms with Crippen LogP contribution in [0.25, 0.3) is 0 Å². The highest BCUT2D eigenvalue weighted by Gasteiger charge is 2.35. The van der Waals surface area contributed by atoms with Gasteiger partial charge < -0.3 is 10.4 Å². The average Bonchev–Trinajstić information content (AvgIpc) is 2.79. The molecule has 3 unspecified atom stereocenters. The molecule has 0 bridgehead atoms. The molecule has 0 aromatic heterocycles. The molecule has 3 atom stereocenters. The zero-order chi connectivity index (χ0) is 15.3. The van der Waals surface area contributed by atoms with E-state index < -0.39 is 0 Å². The maximum absolute atomic E-state index is 12.4. The van der Waals surface area contributed by atoms with E-state index >= 15 is 0 Å². The molecule has 118 valence electrons. The van der Waals surface area contributed by atoms with E-state index in [0.29, 0.717) is 18.6 Å². The molecule has 0 aromatic rings. The predicted molar refractivity (Wildman–Crippen MR) is 82.6 cm³/mol. The second-order valence-electron chi connectivity index (χ2n) is 6.48. The molecule has 0 aliphatic carbocycles. The van der Waals surface area contributed by atoms with E-state index in [1.165, 1.54) is 12.8 Å². The standard InChI is InChI=1S/C16H32N2O2/c1-6-16(7-2,11-19)10-17-15(20)14(5)18-12(3)8-9-13(18)4/h12-14,19H,6-11H2,1-5H3,(H,17,20). The highest BCUT2D eigenvalue weighted by Crippen LogP contribution is 2.27. The molecule has 2 N–H and O–H groups in total. The lowest BCUT2D eigenvalue weighted by Gasteiger charge is -2.34. The van der Waals surface area contributed by atoms with Gasteiger partial charge in [-0.25, -0.2) is 0 Å². The Balaban J connectivity index is 2.58. The summed E-state index contributed by atoms with van der Waals surface area (Å²) in [4.78, 5) is 14.7. The third-order valence-electron chi connectivity index (χ3n) is 5.32. The number of nitrogens with zero attached hydrogens (tertiary/aromatic N) is 1. The van der Waals surface area contributed by atoms with Crippen molar-refractivity contribution in [3.8, 4) is 0 Å². The molecule has 1 heterocycles. The van der Waals surface area contributed by atoms with Crippen LogP contribution in [0.4, 0.5) is 0 Å². The van der Waals surface area contributed by atoms with Crippen LogP contribution in [0.3, 0.4) is 0 Å². The van der Waals surface area contributed by atoms with Crippen LogP contribution in [0.2, 0.25) is 0 Å². The van der Waals surface area contributed by atoms with E-state index in [2.05, 4.69) is 37.9 Å². The number of hydrogen-bond donors (Lipinski definition) is 2. The van der Waals surface area contributed by atoms with Crippen molar-refractivity contribution in [3.63, 3.8) is 0 Å². The van der Waals surface area contributed by atoms with Gasteiger partial charge in [0.2, 0.25) is 5.91 Å². The monoisotopic (exact) mass is 284 g/mol. The zero-order valence-corrected chi connectivity index (χ0v) is 13.8. The lowest BCUT2D eigenvalue weighted by Crippen LogP contribution is -2.51. The molecule has 1 rings (SSSR count). The Morgan fingerprint density at radius 1 is 1.30 bits per heavy atom. The summed E-state index contributed by atoms with van der Waals surface area (Å²) in [7, 11) is 0. The van der Waals surface area contributed by atoms with Crippen LogP contribution in [0.1, 0.15) is 60.3 Å². The average molecular weight is 284 g/mol. The van der Waals surface area contributed by atoms with E-state index in [0.717, 1.165) is 12.8 Å². The lowest BCUT2D eigenvalue weighted by molar-refractivity contribution is -0.127. The fourth-order valence-electron chi connectivity index (χ4n) is 3.32. The van der Waals surface area contributed by atoms with Crippen LogP contribution < -0.4 is 5.32 Å². The van der Waals surface area contributed by atoms with Gasteiger partial charge in [-0.1, -0.05) is 13.8 Å². The number of aliphatic hydroxyl groups is 1. The number of hydrogen-bond acceptors (Lipinski definition) is 3. The second-order valence-corrected chi connectivity index (χ2v) is 6.48. The number of carbonyl (C=O) groups is 1. The number of aliphatic hydroxyl groups excluding tert-OH is 1. The van der Waals surface area contributed by atoms with Gasteiger partial charge >= 0.3 is 0 Å². The van der Waals surface area contributed by atoms with E-state index in [4.69, 9.17) is 0 Å². The molecule has 0 radical (unpaired) electrons. The van der Waals surface area contributed by atoms with Crippen molar-refractivity contribution in [2.45, 2.75) is 78.4 Å². The molecule has 1 saturated heterocycles. The van der Waals surface area contributed by atoms with Crippen LogP contribution in [-0.2, 0) is 4.79 Å². The van der Waals surface area contributed by atoms with Crippen molar-refractivity contribution in [2.75, 3.05) is 13.2 Å². The first kappa shape index (κ1) is 17.4. The summed E-state index contributed by atoms with van der Waals surface area (Å²) < 4.78 is 0. The minimum absolute atomic E-state index is 0.0883. The molecular formula is C16H32N2O2. The largest absolute Gasteiger partial charge is 0.396 e. The molecule has 20 heavy (non-hydrogen) atoms. The SMILES string of the molecule is CCC(CC)(CO)CNC(=O)C(C)N1C(C)CCC1C. The topological polar surface area (TPSA) is 52.6 Å². The molecular weight excluding hydrogens is 252 g/mol. The first-order valence-corrected chi connectivity index (χ1v) is 8.06. The Morgan fingerprint density at radius 2 is 1.80 bits per heavy atom. The minimum atomic E-state index is -0.169. The summed E-state index contributed by atoms with van der Waals surface area (Å²) in [5, 5.41) is 12.6. The Kier molecular flexibility index (Phi) is 6.46. The molecule has 1 aliphatic heterocycles. The minimum Gasteiger partial charge on any atom is -0.396 e. The van der Waals surface area contributed by atoms with Crippen molar-refractivity contribution in [1.29, 1.82) is 0 Å². The van der Waals surface area contributed by atoms with Crippen LogP contribution >= 0.6 is 0 Å². The molecule has 4 nitrogen and oxygen atoms in total. The van der Waals surface area contributed by atoms with Gasteiger partial charge in [0.15, 0.2) is 0 Å². The summed E-state index contributed by atoms with van der Waals surface area (Å²) >= 11 is 0. The number of amides is 1. The maximum atomic E-state index is 12.4. The van der Waals surface area contributed by atoms with Crippen molar-refractivity contribution in [3.05, 3.63) is 0 Å². The number of likely N-dealkylation sites (tertiary alicyclic amines) is 1. The van der Waals surface area contributed by atoms with Gasteiger partial charge in [0, 0.05) is 24.0 Å². The lowest BCUT2D eigenvalue weighted by atomic mass is 9.83. The smallest absolute Gasteiger partial charge is 0.237 e. The molecule has 1 amide bonds. The van der Waals surface area contributed by atoms with Crippen LogP contribution in [0.5, 0.6) is 0 Å². The molecule has 0 aromatic carbocycles. The quantitative estimate of drug-likeness (QED) is 0.753. The van der Waals surface area contributed by atoms with E-state index in [1.807, 2.05) is 6.92 Å². The Bertz CT molecular complexity index is 297. The van der Waals surface area contributed by atoms with Crippen LogP contribution in [0.15, 0.2) is 0 Å². The van der Waals surface area contributed by atoms with Gasteiger partial charge in [-0.3, -0.25) is 9.69 Å². The maximum Gasteiger partial charge on any atom is 0.237 e. The number of rotatable bonds is 7. The summed E-state index contributed by atoms with van der Waals surface area (Å²) in [6.45, 7) is 11.2. The molecule has 1 aliphatic rings. The zero-order valence-electron chi connectivity index (χ0n) is 13.8. The summed E-state index contributed by atoms with van der Waals surface area (Å²) in [5.74, 6) is 0.0883. The van der Waals surface area contributed by atoms with Crippen molar-refractivity contribution in [2.24, 2.45) is 5.41 Å². The highest BCUT2D eigenvalue weighted by molar-refractivity contribution is 5.81. The Labute approximate surface area is 123 Å². The summed E-state index contributed by atoms with van der Waals surface area (Å²) in [6.07, 6.45) is 4.10. The van der Waals surface area contributed by atoms with Gasteiger partial charge in [0.1, 0.15) is 0 Å². The summed E-state index contributed by atoms with van der Waals surface area (Å²) in [6, 6.07) is 0.865. The third kappa shape index (κ3) is 3.73. The molecule has 0 spiro atoms. The number of nitrogens with one attached hydrogen (secondary N) is 1. The van der Waals surface area contributed by atoms with E-state index in [1.54, 1.807) is 0 Å². The first-order valence-electron chi connectivity index (χ1n) is 8.06. The van der Waals surface area contributed by atoms with Gasteiger partial charge in [-0.15, -0.1) is 0 Å².